The smallest absolute Gasteiger partial charge is 0.0541 e. The van der Waals surface area contributed by atoms with Crippen molar-refractivity contribution in [1.82, 2.24) is 9.13 Å². The highest BCUT2D eigenvalue weighted by molar-refractivity contribution is 6.10. The lowest BCUT2D eigenvalue weighted by Crippen LogP contribution is -2.13. The summed E-state index contributed by atoms with van der Waals surface area (Å²) in [5.41, 5.74) is 38.1. The van der Waals surface area contributed by atoms with E-state index in [9.17, 15) is 0 Å². The summed E-state index contributed by atoms with van der Waals surface area (Å²) < 4.78 is 4.68. The van der Waals surface area contributed by atoms with E-state index < -0.39 is 0 Å². The second kappa shape index (κ2) is 37.4. The fourth-order valence-electron chi connectivity index (χ4n) is 16.7. The Morgan fingerprint density at radius 2 is 0.355 bits per heavy atom. The van der Waals surface area contributed by atoms with Crippen molar-refractivity contribution in [2.24, 2.45) is 0 Å². The number of hydrogen-bond donors (Lipinski definition) is 0. The van der Waals surface area contributed by atoms with Crippen LogP contribution in [0.4, 0.5) is 68.2 Å². The molecule has 0 spiro atoms. The van der Waals surface area contributed by atoms with Crippen LogP contribution >= 0.6 is 0 Å². The molecule has 0 bridgehead atoms. The Morgan fingerprint density at radius 3 is 0.669 bits per heavy atom. The Balaban J connectivity index is 0.000000119. The fourth-order valence-corrected chi connectivity index (χ4v) is 16.7. The number of rotatable bonds is 14. The number of fused-ring (bicyclic) bond motifs is 6. The highest BCUT2D eigenvalue weighted by atomic mass is 15.2. The van der Waals surface area contributed by atoms with Crippen LogP contribution in [-0.2, 0) is 0 Å². The van der Waals surface area contributed by atoms with Crippen molar-refractivity contribution in [2.45, 2.75) is 90.0 Å². The molecule has 6 heteroatoms. The number of hydrogen-bond acceptors (Lipinski definition) is 4. The van der Waals surface area contributed by atoms with Crippen LogP contribution < -0.4 is 19.6 Å². The molecule has 0 unspecified atom stereocenters. The molecule has 0 saturated heterocycles. The van der Waals surface area contributed by atoms with Gasteiger partial charge in [0.15, 0.2) is 0 Å². The zero-order valence-electron chi connectivity index (χ0n) is 71.9. The van der Waals surface area contributed by atoms with Crippen LogP contribution in [0.15, 0.2) is 406 Å². The maximum atomic E-state index is 2.35. The molecule has 17 aromatic carbocycles. The first-order valence-corrected chi connectivity index (χ1v) is 41.9. The normalized spacial score (nSPS) is 10.9. The quantitative estimate of drug-likeness (QED) is 0.108. The Labute approximate surface area is 716 Å². The maximum Gasteiger partial charge on any atom is 0.0541 e. The van der Waals surface area contributed by atoms with E-state index in [-0.39, 0.29) is 0 Å². The number of aromatic nitrogens is 2. The fraction of sp³-hybridized carbons (Fsp3) is 0.113. The molecule has 0 amide bonds. The molecule has 0 radical (unpaired) electrons. The Morgan fingerprint density at radius 1 is 0.132 bits per heavy atom. The van der Waals surface area contributed by atoms with Gasteiger partial charge in [-0.1, -0.05) is 230 Å². The van der Waals surface area contributed by atoms with E-state index in [1.165, 1.54) is 161 Å². The van der Waals surface area contributed by atoms with Crippen LogP contribution in [0.1, 0.15) is 72.3 Å². The van der Waals surface area contributed by atoms with E-state index in [1.54, 1.807) is 0 Å². The molecular weight excluding hydrogens is 1470 g/mol. The van der Waals surface area contributed by atoms with Crippen molar-refractivity contribution in [1.29, 1.82) is 0 Å². The van der Waals surface area contributed by atoms with Crippen molar-refractivity contribution < 1.29 is 0 Å². The average Bonchev–Trinajstić information content (AvgIpc) is 1.60. The molecule has 0 fully saturated rings. The van der Waals surface area contributed by atoms with E-state index in [4.69, 9.17) is 0 Å². The molecule has 2 aromatic heterocycles. The van der Waals surface area contributed by atoms with Crippen LogP contribution in [0, 0.1) is 90.0 Å². The van der Waals surface area contributed by atoms with Crippen LogP contribution in [0.5, 0.6) is 0 Å². The van der Waals surface area contributed by atoms with E-state index in [2.05, 4.69) is 525 Å². The van der Waals surface area contributed by atoms with Gasteiger partial charge in [0.25, 0.3) is 0 Å². The van der Waals surface area contributed by atoms with Gasteiger partial charge in [0.1, 0.15) is 0 Å². The van der Waals surface area contributed by atoms with Gasteiger partial charge in [0.05, 0.1) is 22.1 Å². The van der Waals surface area contributed by atoms with Crippen molar-refractivity contribution >= 4 is 112 Å². The first-order chi connectivity index (χ1) is 58.8. The van der Waals surface area contributed by atoms with Crippen molar-refractivity contribution in [3.05, 3.63) is 479 Å². The standard InChI is InChI=1S/C31H26N2.2C23H25N.2C19H15N/c1-25-22-30(32(26-14-6-2-7-15-26)27-16-8-3-9-17-27)24-31(23-25)33(28-18-10-4-11-19-28)29-20-12-5-13-21-29;1-16-6-8-21(9-7-16)24(22-12-17(2)10-18(3)13-22)23-14-19(4)11-20(5)15-23;1-16-7-6-8-21(11-16)24(22-12-17(2)9-18(3)13-22)23-14-19(4)10-20(5)15-23;1-14-7-6-8-15(13-14)20-18-11-4-2-9-16(18)17-10-3-5-12-19(17)20;1-14-10-12-15(13-11-14)20-18-8-4-2-6-16(18)17-7-3-5-9-19(17)20/h2-24H,1H3;2*6-15H,1-5H3;2*2-13H,1H3. The van der Waals surface area contributed by atoms with Crippen molar-refractivity contribution in [3.63, 3.8) is 0 Å². The zero-order valence-corrected chi connectivity index (χ0v) is 71.9. The van der Waals surface area contributed by atoms with E-state index in [1.807, 2.05) is 0 Å². The molecule has 0 aliphatic rings. The van der Waals surface area contributed by atoms with Gasteiger partial charge in [0, 0.05) is 101 Å². The highest BCUT2D eigenvalue weighted by Crippen LogP contribution is 2.44. The first-order valence-electron chi connectivity index (χ1n) is 41.9. The second-order valence-corrected chi connectivity index (χ2v) is 32.2. The van der Waals surface area contributed by atoms with Crippen molar-refractivity contribution in [2.75, 3.05) is 19.6 Å². The van der Waals surface area contributed by atoms with Gasteiger partial charge in [-0.25, -0.2) is 0 Å². The third kappa shape index (κ3) is 19.4. The minimum atomic E-state index is 1.12. The van der Waals surface area contributed by atoms with Gasteiger partial charge in [-0.2, -0.15) is 0 Å². The second-order valence-electron chi connectivity index (χ2n) is 32.2. The van der Waals surface area contributed by atoms with Crippen LogP contribution in [-0.4, -0.2) is 9.13 Å². The predicted molar refractivity (Wildman–Crippen MR) is 521 cm³/mol. The van der Waals surface area contributed by atoms with Gasteiger partial charge in [-0.05, 0) is 339 Å². The van der Waals surface area contributed by atoms with E-state index in [0.717, 1.165) is 34.1 Å². The molecule has 2 heterocycles. The minimum absolute atomic E-state index is 1.12. The third-order valence-electron chi connectivity index (χ3n) is 21.7. The number of para-hydroxylation sites is 8. The van der Waals surface area contributed by atoms with Gasteiger partial charge in [0.2, 0.25) is 0 Å². The summed E-state index contributed by atoms with van der Waals surface area (Å²) in [5, 5.41) is 5.24. The summed E-state index contributed by atoms with van der Waals surface area (Å²) in [7, 11) is 0. The van der Waals surface area contributed by atoms with Gasteiger partial charge in [-0.15, -0.1) is 0 Å². The molecule has 0 saturated carbocycles. The minimum Gasteiger partial charge on any atom is -0.310 e. The molecule has 596 valence electrons. The van der Waals surface area contributed by atoms with Crippen molar-refractivity contribution in [3.8, 4) is 11.4 Å². The summed E-state index contributed by atoms with van der Waals surface area (Å²) in [6.07, 6.45) is 0. The lowest BCUT2D eigenvalue weighted by molar-refractivity contribution is 1.17. The summed E-state index contributed by atoms with van der Waals surface area (Å²) in [4.78, 5) is 9.32. The molecule has 0 N–H and O–H groups in total. The molecular formula is C115H106N6. The highest BCUT2D eigenvalue weighted by Gasteiger charge is 2.21. The predicted octanol–water partition coefficient (Wildman–Crippen LogP) is 32.5. The van der Waals surface area contributed by atoms with Gasteiger partial charge >= 0.3 is 0 Å². The summed E-state index contributed by atoms with van der Waals surface area (Å²) in [5.74, 6) is 0. The molecule has 19 aromatic rings. The van der Waals surface area contributed by atoms with Crippen LogP contribution in [0.25, 0.3) is 55.0 Å². The summed E-state index contributed by atoms with van der Waals surface area (Å²) in [6.45, 7) is 28.0. The number of benzene rings is 17. The molecule has 0 aliphatic heterocycles. The molecule has 19 rings (SSSR count). The molecule has 6 nitrogen and oxygen atoms in total. The Hall–Kier alpha value is -14.5. The number of anilines is 12. The Kier molecular flexibility index (Phi) is 25.3. The molecule has 121 heavy (non-hydrogen) atoms. The van der Waals surface area contributed by atoms with E-state index >= 15 is 0 Å². The number of aryl methyl sites for hydroxylation is 13. The van der Waals surface area contributed by atoms with Gasteiger partial charge < -0.3 is 28.7 Å². The van der Waals surface area contributed by atoms with Crippen LogP contribution in [0.3, 0.4) is 0 Å². The third-order valence-corrected chi connectivity index (χ3v) is 21.7. The molecule has 0 atom stereocenters. The van der Waals surface area contributed by atoms with E-state index in [0.29, 0.717) is 0 Å². The monoisotopic (exact) mass is 1570 g/mol. The topological polar surface area (TPSA) is 22.8 Å². The zero-order chi connectivity index (χ0) is 84.0. The summed E-state index contributed by atoms with van der Waals surface area (Å²) in [6, 6.07) is 145. The number of nitrogens with zero attached hydrogens (tertiary/aromatic N) is 6. The maximum absolute atomic E-state index is 2.35. The van der Waals surface area contributed by atoms with Crippen LogP contribution in [0.2, 0.25) is 0 Å². The largest absolute Gasteiger partial charge is 0.310 e. The Bertz CT molecular complexity index is 6270. The lowest BCUT2D eigenvalue weighted by Gasteiger charge is -2.30. The molecule has 0 aliphatic carbocycles. The SMILES string of the molecule is Cc1cc(N(c2ccccc2)c2ccccc2)cc(N(c2ccccc2)c2ccccc2)c1.Cc1ccc(-n2c3ccccc3c3ccccc32)cc1.Cc1ccc(N(c2cc(C)cc(C)c2)c2cc(C)cc(C)c2)cc1.Cc1cccc(-n2c3ccccc3c3ccccc32)c1.Cc1cccc(N(c2cc(C)cc(C)c2)c2cc(C)cc(C)c2)c1. The summed E-state index contributed by atoms with van der Waals surface area (Å²) >= 11 is 0. The first kappa shape index (κ1) is 81.7. The lowest BCUT2D eigenvalue weighted by atomic mass is 10.1. The average molecular weight is 1570 g/mol. The van der Waals surface area contributed by atoms with Gasteiger partial charge in [-0.3, -0.25) is 0 Å².